The van der Waals surface area contributed by atoms with E-state index in [9.17, 15) is 4.79 Å². The summed E-state index contributed by atoms with van der Waals surface area (Å²) in [6.45, 7) is 0. The summed E-state index contributed by atoms with van der Waals surface area (Å²) in [5.41, 5.74) is 7.88. The van der Waals surface area contributed by atoms with Crippen molar-refractivity contribution in [3.05, 3.63) is 42.1 Å². The number of benzene rings is 1. The first kappa shape index (κ1) is 13.3. The van der Waals surface area contributed by atoms with Gasteiger partial charge in [0.2, 0.25) is 0 Å². The Balaban J connectivity index is 1.99. The van der Waals surface area contributed by atoms with Gasteiger partial charge in [-0.15, -0.1) is 0 Å². The van der Waals surface area contributed by atoms with Crippen molar-refractivity contribution >= 4 is 16.7 Å². The topological polar surface area (TPSA) is 56.0 Å². The van der Waals surface area contributed by atoms with E-state index in [-0.39, 0.29) is 17.7 Å². The first-order valence-corrected chi connectivity index (χ1v) is 7.41. The van der Waals surface area contributed by atoms with Crippen LogP contribution in [0, 0.1) is 5.92 Å². The van der Waals surface area contributed by atoms with Crippen molar-refractivity contribution in [2.45, 2.75) is 38.1 Å². The van der Waals surface area contributed by atoms with Crippen LogP contribution in [-0.2, 0) is 0 Å². The van der Waals surface area contributed by atoms with Crippen LogP contribution in [0.2, 0.25) is 0 Å². The third-order valence-corrected chi connectivity index (χ3v) is 4.32. The molecular weight excluding hydrogens is 248 g/mol. The Hall–Kier alpha value is -1.74. The quantitative estimate of drug-likeness (QED) is 0.671. The van der Waals surface area contributed by atoms with Crippen LogP contribution < -0.4 is 5.73 Å². The van der Waals surface area contributed by atoms with Crippen molar-refractivity contribution in [3.63, 3.8) is 0 Å². The summed E-state index contributed by atoms with van der Waals surface area (Å²) >= 11 is 0. The van der Waals surface area contributed by atoms with Crippen molar-refractivity contribution in [1.82, 2.24) is 4.98 Å². The molecular formula is C17H20N2O. The fourth-order valence-electron chi connectivity index (χ4n) is 3.18. The Morgan fingerprint density at radius 1 is 1.10 bits per heavy atom. The molecule has 0 amide bonds. The minimum absolute atomic E-state index is 0.00284. The summed E-state index contributed by atoms with van der Waals surface area (Å²) < 4.78 is 0. The fourth-order valence-corrected chi connectivity index (χ4v) is 3.18. The molecule has 0 spiro atoms. The first-order chi connectivity index (χ1) is 9.77. The number of hydrogen-bond donors (Lipinski definition) is 1. The Kier molecular flexibility index (Phi) is 3.79. The average molecular weight is 268 g/mol. The van der Waals surface area contributed by atoms with E-state index < -0.39 is 0 Å². The molecule has 1 fully saturated rings. The molecule has 1 aromatic heterocycles. The number of nitrogens with zero attached hydrogens (tertiary/aromatic N) is 1. The summed E-state index contributed by atoms with van der Waals surface area (Å²) in [5.74, 6) is 0.154. The Labute approximate surface area is 119 Å². The third kappa shape index (κ3) is 2.46. The molecule has 104 valence electrons. The van der Waals surface area contributed by atoms with E-state index in [4.69, 9.17) is 5.73 Å². The highest BCUT2D eigenvalue weighted by Gasteiger charge is 2.28. The minimum atomic E-state index is -0.0386. The Morgan fingerprint density at radius 2 is 1.95 bits per heavy atom. The summed E-state index contributed by atoms with van der Waals surface area (Å²) in [6, 6.07) is 9.61. The van der Waals surface area contributed by atoms with Crippen LogP contribution in [0.15, 0.2) is 36.5 Å². The van der Waals surface area contributed by atoms with Crippen LogP contribution in [-0.4, -0.2) is 16.8 Å². The average Bonchev–Trinajstić information content (AvgIpc) is 2.70. The van der Waals surface area contributed by atoms with E-state index >= 15 is 0 Å². The summed E-state index contributed by atoms with van der Waals surface area (Å²) in [7, 11) is 0. The highest BCUT2D eigenvalue weighted by Crippen LogP contribution is 2.28. The van der Waals surface area contributed by atoms with Crippen LogP contribution in [0.5, 0.6) is 0 Å². The fraction of sp³-hybridized carbons (Fsp3) is 0.412. The second kappa shape index (κ2) is 5.71. The summed E-state index contributed by atoms with van der Waals surface area (Å²) in [5, 5.41) is 0.941. The van der Waals surface area contributed by atoms with Crippen LogP contribution >= 0.6 is 0 Å². The molecule has 2 N–H and O–H groups in total. The summed E-state index contributed by atoms with van der Waals surface area (Å²) in [6.07, 6.45) is 7.06. The maximum atomic E-state index is 12.9. The van der Waals surface area contributed by atoms with E-state index in [1.807, 2.05) is 30.3 Å². The van der Waals surface area contributed by atoms with E-state index in [0.29, 0.717) is 0 Å². The molecule has 1 heterocycles. The molecule has 2 atom stereocenters. The lowest BCUT2D eigenvalue weighted by atomic mass is 9.86. The molecule has 1 saturated carbocycles. The zero-order valence-electron chi connectivity index (χ0n) is 11.6. The minimum Gasteiger partial charge on any atom is -0.327 e. The molecule has 2 aromatic rings. The third-order valence-electron chi connectivity index (χ3n) is 4.32. The van der Waals surface area contributed by atoms with Gasteiger partial charge in [0, 0.05) is 29.1 Å². The highest BCUT2D eigenvalue weighted by atomic mass is 16.1. The highest BCUT2D eigenvalue weighted by molar-refractivity contribution is 6.08. The number of aromatic nitrogens is 1. The molecule has 1 aliphatic rings. The monoisotopic (exact) mass is 268 g/mol. The number of pyridine rings is 1. The van der Waals surface area contributed by atoms with Gasteiger partial charge in [0.1, 0.15) is 0 Å². The Morgan fingerprint density at radius 3 is 2.85 bits per heavy atom. The zero-order valence-corrected chi connectivity index (χ0v) is 11.6. The van der Waals surface area contributed by atoms with E-state index in [2.05, 4.69) is 4.98 Å². The first-order valence-electron chi connectivity index (χ1n) is 7.41. The second-order valence-electron chi connectivity index (χ2n) is 5.65. The van der Waals surface area contributed by atoms with Gasteiger partial charge in [-0.3, -0.25) is 9.78 Å². The van der Waals surface area contributed by atoms with Gasteiger partial charge in [-0.25, -0.2) is 0 Å². The van der Waals surface area contributed by atoms with E-state index in [1.165, 1.54) is 6.42 Å². The number of rotatable bonds is 2. The van der Waals surface area contributed by atoms with Crippen LogP contribution in [0.3, 0.4) is 0 Å². The van der Waals surface area contributed by atoms with Crippen molar-refractivity contribution in [2.75, 3.05) is 0 Å². The SMILES string of the molecule is NC1CCCCCC1C(=O)c1cccc2ncccc12. The number of Topliss-reactive ketones (excluding diaryl/α,β-unsaturated/α-hetero) is 1. The molecule has 0 aliphatic heterocycles. The number of carbonyl (C=O) groups is 1. The standard InChI is InChI=1S/C17H20N2O/c18-15-9-3-1-2-6-14(15)17(20)13-7-4-10-16-12(13)8-5-11-19-16/h4-5,7-8,10-11,14-15H,1-3,6,9,18H2. The van der Waals surface area contributed by atoms with Gasteiger partial charge in [-0.05, 0) is 25.0 Å². The number of ketones is 1. The largest absolute Gasteiger partial charge is 0.327 e. The number of hydrogen-bond acceptors (Lipinski definition) is 3. The lowest BCUT2D eigenvalue weighted by molar-refractivity contribution is 0.0896. The predicted octanol–water partition coefficient (Wildman–Crippen LogP) is 3.33. The maximum absolute atomic E-state index is 12.9. The van der Waals surface area contributed by atoms with Gasteiger partial charge in [0.15, 0.2) is 5.78 Å². The van der Waals surface area contributed by atoms with Crippen molar-refractivity contribution in [3.8, 4) is 0 Å². The molecule has 3 heteroatoms. The van der Waals surface area contributed by atoms with Crippen LogP contribution in [0.1, 0.15) is 42.5 Å². The predicted molar refractivity (Wildman–Crippen MR) is 80.6 cm³/mol. The van der Waals surface area contributed by atoms with Gasteiger partial charge in [0.25, 0.3) is 0 Å². The number of nitrogens with two attached hydrogens (primary N) is 1. The van der Waals surface area contributed by atoms with E-state index in [1.54, 1.807) is 6.20 Å². The van der Waals surface area contributed by atoms with Gasteiger partial charge in [0.05, 0.1) is 5.52 Å². The zero-order chi connectivity index (χ0) is 13.9. The Bertz CT molecular complexity index is 618. The van der Waals surface area contributed by atoms with Crippen molar-refractivity contribution in [2.24, 2.45) is 11.7 Å². The molecule has 2 unspecified atom stereocenters. The normalized spacial score (nSPS) is 23.4. The molecule has 0 radical (unpaired) electrons. The molecule has 1 aromatic carbocycles. The molecule has 0 saturated heterocycles. The lowest BCUT2D eigenvalue weighted by Gasteiger charge is -2.20. The molecule has 0 bridgehead atoms. The molecule has 20 heavy (non-hydrogen) atoms. The van der Waals surface area contributed by atoms with Gasteiger partial charge in [-0.1, -0.05) is 37.5 Å². The second-order valence-corrected chi connectivity index (χ2v) is 5.65. The van der Waals surface area contributed by atoms with Crippen LogP contribution in [0.4, 0.5) is 0 Å². The molecule has 1 aliphatic carbocycles. The van der Waals surface area contributed by atoms with Crippen molar-refractivity contribution < 1.29 is 4.79 Å². The van der Waals surface area contributed by atoms with Gasteiger partial charge >= 0.3 is 0 Å². The maximum Gasteiger partial charge on any atom is 0.168 e. The number of carbonyl (C=O) groups excluding carboxylic acids is 1. The van der Waals surface area contributed by atoms with Gasteiger partial charge in [-0.2, -0.15) is 0 Å². The van der Waals surface area contributed by atoms with E-state index in [0.717, 1.165) is 42.1 Å². The molecule has 3 rings (SSSR count). The summed E-state index contributed by atoms with van der Waals surface area (Å²) in [4.78, 5) is 17.2. The molecule has 3 nitrogen and oxygen atoms in total. The smallest absolute Gasteiger partial charge is 0.168 e. The lowest BCUT2D eigenvalue weighted by Crippen LogP contribution is -2.34. The van der Waals surface area contributed by atoms with Crippen LogP contribution in [0.25, 0.3) is 10.9 Å². The van der Waals surface area contributed by atoms with Crippen molar-refractivity contribution in [1.29, 1.82) is 0 Å². The number of fused-ring (bicyclic) bond motifs is 1. The van der Waals surface area contributed by atoms with Gasteiger partial charge < -0.3 is 5.73 Å².